The fourth-order valence-electron chi connectivity index (χ4n) is 4.44. The average molecular weight is 368 g/mol. The highest BCUT2D eigenvalue weighted by Gasteiger charge is 2.25. The van der Waals surface area contributed by atoms with Crippen LogP contribution in [-0.4, -0.2) is 12.7 Å². The molecule has 0 unspecified atom stereocenters. The van der Waals surface area contributed by atoms with Gasteiger partial charge in [0.15, 0.2) is 0 Å². The molecule has 0 radical (unpaired) electrons. The lowest BCUT2D eigenvalue weighted by Gasteiger charge is -2.32. The van der Waals surface area contributed by atoms with Gasteiger partial charge in [0.25, 0.3) is 0 Å². The van der Waals surface area contributed by atoms with Gasteiger partial charge in [-0.05, 0) is 86.8 Å². The van der Waals surface area contributed by atoms with Gasteiger partial charge in [0, 0.05) is 12.7 Å². The van der Waals surface area contributed by atoms with E-state index in [0.717, 1.165) is 19.4 Å². The molecule has 0 atom stereocenters. The molecule has 2 nitrogen and oxygen atoms in total. The molecule has 0 spiro atoms. The number of nitriles is 1. The van der Waals surface area contributed by atoms with Crippen molar-refractivity contribution in [1.82, 2.24) is 0 Å². The molecule has 0 heterocycles. The van der Waals surface area contributed by atoms with E-state index in [9.17, 15) is 4.39 Å². The van der Waals surface area contributed by atoms with Gasteiger partial charge in [-0.2, -0.15) is 5.26 Å². The Balaban J connectivity index is 1.33. The number of ether oxygens (including phenoxy) is 1. The van der Waals surface area contributed by atoms with E-state index < -0.39 is 0 Å². The Morgan fingerprint density at radius 1 is 0.963 bits per heavy atom. The Labute approximate surface area is 162 Å². The molecule has 3 rings (SSSR count). The van der Waals surface area contributed by atoms with Gasteiger partial charge in [-0.15, -0.1) is 0 Å². The second kappa shape index (κ2) is 10.4. The zero-order valence-electron chi connectivity index (χ0n) is 16.0. The molecule has 2 aliphatic carbocycles. The molecule has 0 saturated heterocycles. The summed E-state index contributed by atoms with van der Waals surface area (Å²) in [4.78, 5) is 0. The molecule has 0 aromatic heterocycles. The van der Waals surface area contributed by atoms with Gasteiger partial charge in [-0.3, -0.25) is 0 Å². The first-order chi connectivity index (χ1) is 13.2. The molecule has 0 bridgehead atoms. The van der Waals surface area contributed by atoms with Crippen LogP contribution >= 0.6 is 0 Å². The second-order valence-corrected chi connectivity index (χ2v) is 8.01. The van der Waals surface area contributed by atoms with Crippen molar-refractivity contribution in [2.24, 2.45) is 11.8 Å². The predicted molar refractivity (Wildman–Crippen MR) is 107 cm³/mol. The number of nitrogens with zero attached hydrogens (tertiary/aromatic N) is 1. The van der Waals surface area contributed by atoms with Crippen molar-refractivity contribution in [3.63, 3.8) is 0 Å². The van der Waals surface area contributed by atoms with Crippen LogP contribution in [-0.2, 0) is 4.74 Å². The van der Waals surface area contributed by atoms with Crippen LogP contribution in [0.5, 0.6) is 0 Å². The van der Waals surface area contributed by atoms with Crippen molar-refractivity contribution in [3.8, 4) is 6.07 Å². The summed E-state index contributed by atoms with van der Waals surface area (Å²) in [7, 11) is 0. The summed E-state index contributed by atoms with van der Waals surface area (Å²) in [5, 5.41) is 8.49. The summed E-state index contributed by atoms with van der Waals surface area (Å²) in [5.74, 6) is 1.73. The van der Waals surface area contributed by atoms with Crippen LogP contribution in [0, 0.1) is 29.0 Å². The number of allylic oxidation sites excluding steroid dienone is 4. The van der Waals surface area contributed by atoms with Crippen molar-refractivity contribution in [2.45, 2.75) is 63.4 Å². The van der Waals surface area contributed by atoms with E-state index in [2.05, 4.69) is 6.08 Å². The molecule has 2 aliphatic rings. The molecule has 3 heteroatoms. The van der Waals surface area contributed by atoms with Gasteiger partial charge in [0.2, 0.25) is 0 Å². The molecule has 0 amide bonds. The number of benzene rings is 1. The minimum absolute atomic E-state index is 0.148. The van der Waals surface area contributed by atoms with Crippen LogP contribution in [0.3, 0.4) is 0 Å². The number of halogens is 1. The zero-order valence-corrected chi connectivity index (χ0v) is 16.0. The fourth-order valence-corrected chi connectivity index (χ4v) is 4.44. The minimum Gasteiger partial charge on any atom is -0.378 e. The van der Waals surface area contributed by atoms with E-state index in [1.54, 1.807) is 12.1 Å². The molecule has 2 fully saturated rings. The highest BCUT2D eigenvalue weighted by molar-refractivity contribution is 5.20. The zero-order chi connectivity index (χ0) is 18.9. The fraction of sp³-hybridized carbons (Fsp3) is 0.542. The molecule has 144 valence electrons. The Hall–Kier alpha value is -1.92. The van der Waals surface area contributed by atoms with Gasteiger partial charge < -0.3 is 4.74 Å². The molecule has 2 saturated carbocycles. The molecule has 1 aromatic carbocycles. The molecule has 0 N–H and O–H groups in total. The highest BCUT2D eigenvalue weighted by atomic mass is 19.1. The Morgan fingerprint density at radius 2 is 1.67 bits per heavy atom. The molecule has 0 aliphatic heterocycles. The van der Waals surface area contributed by atoms with Crippen LogP contribution in [0.1, 0.15) is 62.8 Å². The third-order valence-corrected chi connectivity index (χ3v) is 6.14. The normalized spacial score (nSPS) is 29.2. The lowest BCUT2D eigenvalue weighted by atomic mass is 9.79. The molecular weight excluding hydrogens is 337 g/mol. The third kappa shape index (κ3) is 6.33. The van der Waals surface area contributed by atoms with Gasteiger partial charge in [-0.1, -0.05) is 30.4 Å². The van der Waals surface area contributed by atoms with Crippen LogP contribution in [0.15, 0.2) is 48.6 Å². The maximum Gasteiger partial charge on any atom is 0.123 e. The van der Waals surface area contributed by atoms with Crippen LogP contribution < -0.4 is 0 Å². The highest BCUT2D eigenvalue weighted by Crippen LogP contribution is 2.36. The van der Waals surface area contributed by atoms with Gasteiger partial charge in [0.1, 0.15) is 5.82 Å². The first-order valence-electron chi connectivity index (χ1n) is 10.3. The summed E-state index contributed by atoms with van der Waals surface area (Å²) in [5.41, 5.74) is 1.28. The van der Waals surface area contributed by atoms with Crippen molar-refractivity contribution in [1.29, 1.82) is 5.26 Å². The Kier molecular flexibility index (Phi) is 7.66. The summed E-state index contributed by atoms with van der Waals surface area (Å²) < 4.78 is 19.3. The standard InChI is InChI=1S/C24H30FNO/c25-23-13-11-22(12-14-23)21-9-5-20(6-10-21)18-27-24-15-7-19(8-16-24)4-2-1-3-17-26/h1-4,11-14,19-21,24H,5-10,15-16,18H2/b3-1+,4-2+. The van der Waals surface area contributed by atoms with E-state index in [-0.39, 0.29) is 5.82 Å². The Morgan fingerprint density at radius 3 is 2.33 bits per heavy atom. The van der Waals surface area contributed by atoms with Crippen molar-refractivity contribution in [2.75, 3.05) is 6.61 Å². The van der Waals surface area contributed by atoms with Gasteiger partial charge in [-0.25, -0.2) is 4.39 Å². The molecule has 27 heavy (non-hydrogen) atoms. The first-order valence-corrected chi connectivity index (χ1v) is 10.3. The van der Waals surface area contributed by atoms with Crippen LogP contribution in [0.25, 0.3) is 0 Å². The summed E-state index contributed by atoms with van der Waals surface area (Å²) in [6.07, 6.45) is 17.4. The van der Waals surface area contributed by atoms with Crippen molar-refractivity contribution in [3.05, 3.63) is 60.0 Å². The van der Waals surface area contributed by atoms with E-state index in [1.807, 2.05) is 30.4 Å². The number of hydrogen-bond acceptors (Lipinski definition) is 2. The van der Waals surface area contributed by atoms with Crippen LogP contribution in [0.2, 0.25) is 0 Å². The molecular formula is C24H30FNO. The first kappa shape index (κ1) is 19.8. The van der Waals surface area contributed by atoms with E-state index in [1.165, 1.54) is 50.2 Å². The lowest BCUT2D eigenvalue weighted by molar-refractivity contribution is -0.00456. The predicted octanol–water partition coefficient (Wildman–Crippen LogP) is 6.31. The maximum atomic E-state index is 13.1. The van der Waals surface area contributed by atoms with Crippen molar-refractivity contribution >= 4 is 0 Å². The summed E-state index contributed by atoms with van der Waals surface area (Å²) in [6, 6.07) is 9.05. The topological polar surface area (TPSA) is 33.0 Å². The van der Waals surface area contributed by atoms with E-state index in [0.29, 0.717) is 23.9 Å². The number of hydrogen-bond donors (Lipinski definition) is 0. The van der Waals surface area contributed by atoms with Gasteiger partial charge in [0.05, 0.1) is 12.2 Å². The SMILES string of the molecule is N#C/C=C/C=C/C1CCC(OCC2CCC(c3ccc(F)cc3)CC2)CC1. The Bertz CT molecular complexity index is 657. The minimum atomic E-state index is -0.148. The largest absolute Gasteiger partial charge is 0.378 e. The van der Waals surface area contributed by atoms with E-state index >= 15 is 0 Å². The third-order valence-electron chi connectivity index (χ3n) is 6.14. The summed E-state index contributed by atoms with van der Waals surface area (Å²) >= 11 is 0. The quantitative estimate of drug-likeness (QED) is 0.436. The van der Waals surface area contributed by atoms with Crippen molar-refractivity contribution < 1.29 is 9.13 Å². The summed E-state index contributed by atoms with van der Waals surface area (Å²) in [6.45, 7) is 0.895. The maximum absolute atomic E-state index is 13.1. The second-order valence-electron chi connectivity index (χ2n) is 8.01. The molecule has 1 aromatic rings. The number of rotatable bonds is 6. The smallest absolute Gasteiger partial charge is 0.123 e. The lowest BCUT2D eigenvalue weighted by Crippen LogP contribution is -2.25. The average Bonchev–Trinajstić information content (AvgIpc) is 2.72. The van der Waals surface area contributed by atoms with Crippen LogP contribution in [0.4, 0.5) is 4.39 Å². The van der Waals surface area contributed by atoms with Gasteiger partial charge >= 0.3 is 0 Å². The van der Waals surface area contributed by atoms with E-state index in [4.69, 9.17) is 10.00 Å². The monoisotopic (exact) mass is 367 g/mol.